The fourth-order valence-corrected chi connectivity index (χ4v) is 1.83. The number of rotatable bonds is 3. The number of carbonyl (C=O) groups excluding carboxylic acids is 1. The third-order valence-corrected chi connectivity index (χ3v) is 2.85. The molecule has 1 unspecified atom stereocenters. The first-order chi connectivity index (χ1) is 9.11. The van der Waals surface area contributed by atoms with Crippen LogP contribution in [0, 0.1) is 5.82 Å². The molecule has 1 aliphatic heterocycles. The van der Waals surface area contributed by atoms with Crippen molar-refractivity contribution in [2.45, 2.75) is 18.9 Å². The van der Waals surface area contributed by atoms with Crippen molar-refractivity contribution in [3.8, 4) is 0 Å². The first kappa shape index (κ1) is 13.3. The molecule has 0 aliphatic carbocycles. The SMILES string of the molecule is N/C(=N/O)c1ccc(NC(=O)C2CCCO2)c(F)c1. The summed E-state index contributed by atoms with van der Waals surface area (Å²) in [5, 5.41) is 13.7. The Morgan fingerprint density at radius 2 is 2.37 bits per heavy atom. The number of ether oxygens (including phenoxy) is 1. The van der Waals surface area contributed by atoms with Gasteiger partial charge in [0, 0.05) is 12.2 Å². The minimum Gasteiger partial charge on any atom is -0.409 e. The minimum atomic E-state index is -0.657. The van der Waals surface area contributed by atoms with Gasteiger partial charge in [0.2, 0.25) is 0 Å². The Labute approximate surface area is 109 Å². The summed E-state index contributed by atoms with van der Waals surface area (Å²) in [6, 6.07) is 3.89. The molecule has 7 heteroatoms. The van der Waals surface area contributed by atoms with Gasteiger partial charge in [-0.15, -0.1) is 0 Å². The molecule has 1 saturated heterocycles. The quantitative estimate of drug-likeness (QED) is 0.330. The highest BCUT2D eigenvalue weighted by atomic mass is 19.1. The van der Waals surface area contributed by atoms with Gasteiger partial charge in [0.25, 0.3) is 5.91 Å². The van der Waals surface area contributed by atoms with Crippen molar-refractivity contribution in [1.82, 2.24) is 0 Å². The van der Waals surface area contributed by atoms with Gasteiger partial charge in [-0.2, -0.15) is 0 Å². The van der Waals surface area contributed by atoms with Gasteiger partial charge in [-0.25, -0.2) is 4.39 Å². The maximum absolute atomic E-state index is 13.7. The average molecular weight is 267 g/mol. The van der Waals surface area contributed by atoms with Gasteiger partial charge in [-0.1, -0.05) is 5.16 Å². The Morgan fingerprint density at radius 3 is 2.95 bits per heavy atom. The number of hydrogen-bond donors (Lipinski definition) is 3. The van der Waals surface area contributed by atoms with E-state index in [-0.39, 0.29) is 23.0 Å². The number of nitrogens with zero attached hydrogens (tertiary/aromatic N) is 1. The van der Waals surface area contributed by atoms with E-state index >= 15 is 0 Å². The molecule has 1 aromatic carbocycles. The number of anilines is 1. The van der Waals surface area contributed by atoms with E-state index in [4.69, 9.17) is 15.7 Å². The van der Waals surface area contributed by atoms with E-state index in [0.29, 0.717) is 13.0 Å². The highest BCUT2D eigenvalue weighted by Gasteiger charge is 2.24. The first-order valence-electron chi connectivity index (χ1n) is 5.81. The van der Waals surface area contributed by atoms with E-state index < -0.39 is 11.9 Å². The predicted octanol–water partition coefficient (Wildman–Crippen LogP) is 1.04. The highest BCUT2D eigenvalue weighted by molar-refractivity contribution is 5.98. The summed E-state index contributed by atoms with van der Waals surface area (Å²) in [5.41, 5.74) is 5.61. The van der Waals surface area contributed by atoms with Crippen molar-refractivity contribution >= 4 is 17.4 Å². The number of oxime groups is 1. The molecule has 1 amide bonds. The summed E-state index contributed by atoms with van der Waals surface area (Å²) in [6.45, 7) is 0.545. The molecule has 0 aromatic heterocycles. The van der Waals surface area contributed by atoms with Crippen LogP contribution in [0.3, 0.4) is 0 Å². The summed E-state index contributed by atoms with van der Waals surface area (Å²) in [7, 11) is 0. The second-order valence-electron chi connectivity index (χ2n) is 4.17. The van der Waals surface area contributed by atoms with Crippen LogP contribution in [0.15, 0.2) is 23.4 Å². The lowest BCUT2D eigenvalue weighted by Crippen LogP contribution is -2.27. The van der Waals surface area contributed by atoms with Gasteiger partial charge in [-0.3, -0.25) is 4.79 Å². The van der Waals surface area contributed by atoms with Gasteiger partial charge < -0.3 is 21.0 Å². The summed E-state index contributed by atoms with van der Waals surface area (Å²) in [4.78, 5) is 11.8. The van der Waals surface area contributed by atoms with Crippen LogP contribution < -0.4 is 11.1 Å². The number of hydrogen-bond acceptors (Lipinski definition) is 4. The molecule has 0 bridgehead atoms. The lowest BCUT2D eigenvalue weighted by Gasteiger charge is -2.11. The molecule has 0 saturated carbocycles. The van der Waals surface area contributed by atoms with Crippen molar-refractivity contribution in [2.24, 2.45) is 10.9 Å². The summed E-state index contributed by atoms with van der Waals surface area (Å²) >= 11 is 0. The van der Waals surface area contributed by atoms with Crippen LogP contribution in [0.4, 0.5) is 10.1 Å². The third kappa shape index (κ3) is 3.00. The van der Waals surface area contributed by atoms with E-state index in [0.717, 1.165) is 12.5 Å². The lowest BCUT2D eigenvalue weighted by molar-refractivity contribution is -0.124. The number of halogens is 1. The molecule has 19 heavy (non-hydrogen) atoms. The van der Waals surface area contributed by atoms with Crippen LogP contribution in [0.5, 0.6) is 0 Å². The number of nitrogens with two attached hydrogens (primary N) is 1. The van der Waals surface area contributed by atoms with Crippen molar-refractivity contribution in [2.75, 3.05) is 11.9 Å². The Kier molecular flexibility index (Phi) is 3.96. The number of amides is 1. The van der Waals surface area contributed by atoms with E-state index in [1.807, 2.05) is 0 Å². The zero-order valence-corrected chi connectivity index (χ0v) is 10.1. The highest BCUT2D eigenvalue weighted by Crippen LogP contribution is 2.18. The lowest BCUT2D eigenvalue weighted by atomic mass is 10.1. The predicted molar refractivity (Wildman–Crippen MR) is 66.5 cm³/mol. The van der Waals surface area contributed by atoms with E-state index in [1.165, 1.54) is 12.1 Å². The largest absolute Gasteiger partial charge is 0.409 e. The van der Waals surface area contributed by atoms with Crippen LogP contribution in [-0.2, 0) is 9.53 Å². The Morgan fingerprint density at radius 1 is 1.58 bits per heavy atom. The fourth-order valence-electron chi connectivity index (χ4n) is 1.83. The summed E-state index contributed by atoms with van der Waals surface area (Å²) in [6.07, 6.45) is 0.932. The number of benzene rings is 1. The molecule has 2 rings (SSSR count). The molecule has 1 aromatic rings. The van der Waals surface area contributed by atoms with Gasteiger partial charge >= 0.3 is 0 Å². The van der Waals surface area contributed by atoms with Gasteiger partial charge in [0.05, 0.1) is 5.69 Å². The normalized spacial score (nSPS) is 19.4. The second-order valence-corrected chi connectivity index (χ2v) is 4.17. The Bertz CT molecular complexity index is 513. The van der Waals surface area contributed by atoms with Crippen LogP contribution in [-0.4, -0.2) is 29.7 Å². The molecule has 1 heterocycles. The smallest absolute Gasteiger partial charge is 0.253 e. The van der Waals surface area contributed by atoms with Crippen LogP contribution in [0.2, 0.25) is 0 Å². The number of carbonyl (C=O) groups is 1. The maximum atomic E-state index is 13.7. The molecular weight excluding hydrogens is 253 g/mol. The standard InChI is InChI=1S/C12H14FN3O3/c13-8-6-7(11(14)16-18)3-4-9(8)15-12(17)10-2-1-5-19-10/h3-4,6,10,18H,1-2,5H2,(H2,14,16)(H,15,17). The monoisotopic (exact) mass is 267 g/mol. The number of nitrogens with one attached hydrogen (secondary N) is 1. The topological polar surface area (TPSA) is 96.9 Å². The zero-order chi connectivity index (χ0) is 13.8. The van der Waals surface area contributed by atoms with Crippen LogP contribution in [0.25, 0.3) is 0 Å². The summed E-state index contributed by atoms with van der Waals surface area (Å²) < 4.78 is 18.9. The second kappa shape index (κ2) is 5.66. The van der Waals surface area contributed by atoms with Gasteiger partial charge in [0.15, 0.2) is 5.84 Å². The molecule has 1 aliphatic rings. The molecule has 1 fully saturated rings. The van der Waals surface area contributed by atoms with Gasteiger partial charge in [0.1, 0.15) is 11.9 Å². The van der Waals surface area contributed by atoms with Crippen molar-refractivity contribution in [3.63, 3.8) is 0 Å². The Hall–Kier alpha value is -2.15. The third-order valence-electron chi connectivity index (χ3n) is 2.85. The van der Waals surface area contributed by atoms with E-state index in [1.54, 1.807) is 0 Å². The minimum absolute atomic E-state index is 0.0370. The maximum Gasteiger partial charge on any atom is 0.253 e. The molecule has 102 valence electrons. The van der Waals surface area contributed by atoms with Crippen molar-refractivity contribution in [1.29, 1.82) is 0 Å². The van der Waals surface area contributed by atoms with Crippen molar-refractivity contribution < 1.29 is 19.1 Å². The molecule has 1 atom stereocenters. The van der Waals surface area contributed by atoms with Crippen molar-refractivity contribution in [3.05, 3.63) is 29.6 Å². The first-order valence-corrected chi connectivity index (χ1v) is 5.81. The molecule has 6 nitrogen and oxygen atoms in total. The van der Waals surface area contributed by atoms with E-state index in [2.05, 4.69) is 10.5 Å². The molecule has 0 spiro atoms. The average Bonchev–Trinajstić information content (AvgIpc) is 2.94. The van der Waals surface area contributed by atoms with E-state index in [9.17, 15) is 9.18 Å². The molecular formula is C12H14FN3O3. The van der Waals surface area contributed by atoms with Crippen LogP contribution >= 0.6 is 0 Å². The molecule has 4 N–H and O–H groups in total. The zero-order valence-electron chi connectivity index (χ0n) is 10.1. The number of amidine groups is 1. The van der Waals surface area contributed by atoms with Crippen LogP contribution in [0.1, 0.15) is 18.4 Å². The Balaban J connectivity index is 2.10. The fraction of sp³-hybridized carbons (Fsp3) is 0.333. The molecule has 0 radical (unpaired) electrons. The van der Waals surface area contributed by atoms with Gasteiger partial charge in [-0.05, 0) is 31.0 Å². The summed E-state index contributed by atoms with van der Waals surface area (Å²) in [5.74, 6) is -1.22.